The number of nitrogens with two attached hydrogens (primary N) is 1. The Kier molecular flexibility index (Phi) is 95.0. The van der Waals surface area contributed by atoms with Gasteiger partial charge in [0.15, 0.2) is 0 Å². The van der Waals surface area contributed by atoms with E-state index in [-0.39, 0.29) is 58.5 Å². The standard InChI is InChI=1S/2C18H28N6O.C9H16ClN5.C9H13NO.C9H11NO.C7H9NO.C4H8I.C2H4O2.C2H4O.3CH4.ClH.2H2O4S.V/c2*1-4-12-19-16-21-17(20-13-5-2)23-18(22-16)24(6-3)25-14-15-10-8-7-9-11-15;1-3-5-11-8-13-7(10)14-9(15-8)12-6-4-2;2*1-2-10-11-8-9-6-4-3-5-7-9;8-9-6-7-4-2-1-3-5-7;1-2-3-4-5;1-2(3)4;1-2-3;;;;;2*1-5(2,3)4;/h2*7-11H,4-6,12-14H2,1-3H3,(H2,19,20,21,22,23);3-6H2,1-2H3,(H2,11,12,13,14,15);3-7,10H,2,8H2,1H3;2-7,10H,1,8H2;1-5H,6,8H2;4H,2-3H2,1H3;1H3,(H,3,4);2H,1H3;3*1H4;1H;2*(H2,1,2,3,4);/q;;;;;;-1;;;;;;;;;. The van der Waals surface area contributed by atoms with Crippen molar-refractivity contribution in [3.8, 4) is 0 Å². The third-order valence-corrected chi connectivity index (χ3v) is 13.5. The molecule has 8 rings (SSSR count). The molecule has 0 aliphatic rings. The zero-order chi connectivity index (χ0) is 88.7. The number of carboxylic acid groups (broad SMARTS) is 1. The molecule has 0 aliphatic heterocycles. The van der Waals surface area contributed by atoms with Crippen molar-refractivity contribution in [1.29, 1.82) is 0 Å². The predicted molar refractivity (Wildman–Crippen MR) is 502 cm³/mol. The molecule has 0 saturated carbocycles. The Morgan fingerprint density at radius 3 is 1.11 bits per heavy atom. The first-order chi connectivity index (χ1) is 56.6. The van der Waals surface area contributed by atoms with Crippen LogP contribution in [-0.4, -0.2) is 151 Å². The van der Waals surface area contributed by atoms with Crippen LogP contribution in [0.25, 0.3) is 0 Å². The number of aromatic amines is 1. The van der Waals surface area contributed by atoms with Gasteiger partial charge in [-0.3, -0.25) is 47.7 Å². The molecule has 3 heterocycles. The number of nitrogens with one attached hydrogen (secondary N) is 9. The minimum absolute atomic E-state index is 0. The molecule has 0 saturated heterocycles. The van der Waals surface area contributed by atoms with Crippen LogP contribution in [0.4, 0.5) is 47.6 Å². The van der Waals surface area contributed by atoms with Crippen LogP contribution in [0.5, 0.6) is 0 Å². The molecule has 42 heteroatoms. The van der Waals surface area contributed by atoms with Crippen molar-refractivity contribution in [3.63, 3.8) is 0 Å². The summed E-state index contributed by atoms with van der Waals surface area (Å²) in [6.45, 7) is 36.5. The molecule has 0 fully saturated rings. The number of aromatic nitrogens is 9. The minimum atomic E-state index is -4.92. The Morgan fingerprint density at radius 2 is 0.821 bits per heavy atom. The van der Waals surface area contributed by atoms with Crippen LogP contribution < -0.4 is 63.9 Å². The fraction of sp³-hybridized carbons (Fsp3) is 0.457. The number of carbonyl (C=O) groups excluding carboxylic acids is 1. The number of hydroxylamine groups is 4. The molecule has 0 amide bonds. The smallest absolute Gasteiger partial charge is 0.394 e. The van der Waals surface area contributed by atoms with Crippen molar-refractivity contribution in [3.05, 3.63) is 202 Å². The maximum atomic E-state index is 9.00. The van der Waals surface area contributed by atoms with Crippen LogP contribution in [0.2, 0.25) is 5.28 Å². The van der Waals surface area contributed by atoms with E-state index in [0.717, 1.165) is 120 Å². The number of H-pyrrole nitrogens is 1. The quantitative estimate of drug-likeness (QED) is 0.00323. The van der Waals surface area contributed by atoms with Gasteiger partial charge in [-0.05, 0) is 98.7 Å². The molecular weight excluding hydrogens is 1820 g/mol. The number of halogens is 3. The van der Waals surface area contributed by atoms with Crippen molar-refractivity contribution < 1.29 is 97.5 Å². The Morgan fingerprint density at radius 1 is 0.528 bits per heavy atom. The second-order valence-corrected chi connectivity index (χ2v) is 26.1. The summed E-state index contributed by atoms with van der Waals surface area (Å²) < 4.78 is 66.6. The first kappa shape index (κ1) is 130. The van der Waals surface area contributed by atoms with Gasteiger partial charge in [-0.1, -0.05) is 252 Å². The molecule has 697 valence electrons. The Balaban J connectivity index is -0.000000209. The van der Waals surface area contributed by atoms with E-state index in [1.165, 1.54) is 31.5 Å². The fourth-order valence-corrected chi connectivity index (χ4v) is 8.42. The van der Waals surface area contributed by atoms with Gasteiger partial charge in [0.25, 0.3) is 11.9 Å². The largest absolute Gasteiger partial charge is 0.726 e. The van der Waals surface area contributed by atoms with Gasteiger partial charge in [-0.25, -0.2) is 34.7 Å². The molecule has 0 spiro atoms. The van der Waals surface area contributed by atoms with Crippen molar-refractivity contribution in [1.82, 2.24) is 50.8 Å². The van der Waals surface area contributed by atoms with Crippen LogP contribution in [0.3, 0.4) is 0 Å². The van der Waals surface area contributed by atoms with Gasteiger partial charge >= 0.3 is 28.2 Å². The van der Waals surface area contributed by atoms with Crippen LogP contribution in [0.15, 0.2) is 164 Å². The molecule has 3 aromatic heterocycles. The van der Waals surface area contributed by atoms with Gasteiger partial charge in [0.2, 0.25) is 39.5 Å². The molecule has 36 nitrogen and oxygen atoms in total. The van der Waals surface area contributed by atoms with Crippen LogP contribution in [0.1, 0.15) is 185 Å². The Labute approximate surface area is 768 Å². The Hall–Kier alpha value is -8.44. The maximum absolute atomic E-state index is 9.00. The zero-order valence-electron chi connectivity index (χ0n) is 70.6. The van der Waals surface area contributed by atoms with Crippen molar-refractivity contribution in [2.24, 2.45) is 5.90 Å². The maximum Gasteiger partial charge on any atom is 0.394 e. The number of hydrogen-bond donors (Lipinski definition) is 13. The predicted octanol–water partition coefficient (Wildman–Crippen LogP) is 16.5. The number of hydrogen-bond acceptors (Lipinski definition) is 31. The third-order valence-electron chi connectivity index (χ3n) is 12.7. The topological polar surface area (TPSA) is 499 Å². The number of carbonyl (C=O) groups is 2. The molecule has 0 atom stereocenters. The van der Waals surface area contributed by atoms with E-state index in [4.69, 9.17) is 86.6 Å². The summed E-state index contributed by atoms with van der Waals surface area (Å²) in [6.07, 6.45) is 10.8. The number of carboxylic acids is 1. The Bertz CT molecular complexity index is 3710. The van der Waals surface area contributed by atoms with Gasteiger partial charge in [0, 0.05) is 84.0 Å². The van der Waals surface area contributed by atoms with Crippen LogP contribution in [-0.2, 0) is 106 Å². The SMILES string of the molecule is C.C.C.C=CNOCc1ccccc1.CC(=O)O.CC=O.CCCNc1nc(Cl)nc(NCCC)n1.CCCNc1nc(NCCC)[nH+]c(N(CC)OCc2ccccc2)n1.CCCNc1nc(NCCC)nc(N(CC)OCc2ccccc2)n1.CCC[CH-]I.CCNOCc1ccccc1.Cl.NOCc1ccccc1.O=S(=O)(O)O.O=S(=O)([O-])O.[V]. The number of unbranched alkanes of at least 4 members (excludes halogenated alkanes) is 1. The summed E-state index contributed by atoms with van der Waals surface area (Å²) in [4.78, 5) is 81.9. The second-order valence-electron chi connectivity index (χ2n) is 23.1. The van der Waals surface area contributed by atoms with Crippen molar-refractivity contribution >= 4 is 127 Å². The first-order valence-electron chi connectivity index (χ1n) is 38.1. The minimum Gasteiger partial charge on any atom is -0.726 e. The number of aldehydes is 1. The van der Waals surface area contributed by atoms with Gasteiger partial charge in [-0.15, -0.1) is 12.4 Å². The molecule has 0 aliphatic carbocycles. The molecule has 123 heavy (non-hydrogen) atoms. The molecule has 5 aromatic carbocycles. The number of benzene rings is 5. The van der Waals surface area contributed by atoms with Gasteiger partial charge in [0.05, 0.1) is 26.4 Å². The molecular formula is C81H138Cl2IN20O16S2V-. The average molecular weight is 1960 g/mol. The average Bonchev–Trinajstić information content (AvgIpc) is 0.461. The monoisotopic (exact) mass is 1960 g/mol. The van der Waals surface area contributed by atoms with E-state index < -0.39 is 26.8 Å². The molecule has 0 bridgehead atoms. The normalized spacial score (nSPS) is 9.49. The zero-order valence-corrected chi connectivity index (χ0v) is 77.4. The van der Waals surface area contributed by atoms with Gasteiger partial charge in [-0.2, -0.15) is 49.8 Å². The first-order valence-corrected chi connectivity index (χ1v) is 42.5. The van der Waals surface area contributed by atoms with E-state index in [1.54, 1.807) is 10.1 Å². The number of rotatable bonds is 40. The van der Waals surface area contributed by atoms with Crippen molar-refractivity contribution in [2.75, 3.05) is 101 Å². The van der Waals surface area contributed by atoms with E-state index >= 15 is 0 Å². The molecule has 8 aromatic rings. The molecule has 15 N–H and O–H groups in total. The van der Waals surface area contributed by atoms with Crippen LogP contribution >= 0.6 is 46.6 Å². The summed E-state index contributed by atoms with van der Waals surface area (Å²) in [5.74, 6) is 8.61. The summed E-state index contributed by atoms with van der Waals surface area (Å²) in [5, 5.41) is 30.2. The van der Waals surface area contributed by atoms with E-state index in [9.17, 15) is 0 Å². The fourth-order valence-electron chi connectivity index (χ4n) is 7.64. The van der Waals surface area contributed by atoms with Crippen LogP contribution in [0, 0.1) is 4.43 Å². The molecule has 1 radical (unpaired) electrons. The summed E-state index contributed by atoms with van der Waals surface area (Å²) >= 11 is 8.03. The number of anilines is 8. The van der Waals surface area contributed by atoms with Gasteiger partial charge < -0.3 is 68.9 Å². The van der Waals surface area contributed by atoms with E-state index in [0.29, 0.717) is 93.7 Å². The van der Waals surface area contributed by atoms with Crippen molar-refractivity contribution in [2.45, 2.75) is 190 Å². The van der Waals surface area contributed by atoms with Gasteiger partial charge in [0.1, 0.15) is 19.5 Å². The summed E-state index contributed by atoms with van der Waals surface area (Å²) in [5.41, 5.74) is 11.0. The van der Waals surface area contributed by atoms with E-state index in [2.05, 4.69) is 175 Å². The number of aliphatic carboxylic acids is 1. The third kappa shape index (κ3) is 85.5. The second kappa shape index (κ2) is 89.8. The molecule has 0 unspecified atom stereocenters. The summed E-state index contributed by atoms with van der Waals surface area (Å²) in [6, 6.07) is 50.0. The van der Waals surface area contributed by atoms with E-state index in [1.807, 2.05) is 172 Å². The summed E-state index contributed by atoms with van der Waals surface area (Å²) in [7, 11) is -9.58. The number of nitrogens with zero attached hydrogens (tertiary/aromatic N) is 10.